The quantitative estimate of drug-likeness (QED) is 0.845. The smallest absolute Gasteiger partial charge is 0.308 e. The molecular formula is C11H13F3N2S. The Hall–Kier alpha value is -0.750. The Morgan fingerprint density at radius 1 is 1.47 bits per heavy atom. The molecule has 6 heteroatoms. The third kappa shape index (κ3) is 3.61. The van der Waals surface area contributed by atoms with E-state index in [4.69, 9.17) is 0 Å². The molecule has 2 rings (SSSR count). The molecule has 1 aromatic heterocycles. The van der Waals surface area contributed by atoms with E-state index in [-0.39, 0.29) is 23.6 Å². The number of alkyl halides is 3. The van der Waals surface area contributed by atoms with Gasteiger partial charge in [0, 0.05) is 18.5 Å². The Kier molecular flexibility index (Phi) is 3.93. The van der Waals surface area contributed by atoms with Crippen molar-refractivity contribution in [1.82, 2.24) is 10.3 Å². The van der Waals surface area contributed by atoms with Crippen LogP contribution in [0.1, 0.15) is 23.7 Å². The summed E-state index contributed by atoms with van der Waals surface area (Å²) in [6.07, 6.45) is 3.60. The summed E-state index contributed by atoms with van der Waals surface area (Å²) >= 11 is 0.0153. The summed E-state index contributed by atoms with van der Waals surface area (Å²) < 4.78 is 35.8. The van der Waals surface area contributed by atoms with Crippen LogP contribution < -0.4 is 5.32 Å². The molecule has 1 atom stereocenters. The highest BCUT2D eigenvalue weighted by atomic mass is 32.2. The number of hydrogen-bond acceptors (Lipinski definition) is 3. The van der Waals surface area contributed by atoms with Crippen LogP contribution in [0.5, 0.6) is 0 Å². The van der Waals surface area contributed by atoms with Gasteiger partial charge in [-0.3, -0.25) is 4.98 Å². The van der Waals surface area contributed by atoms with Crippen LogP contribution in [0.4, 0.5) is 13.2 Å². The number of thioether (sulfide) groups is 1. The monoisotopic (exact) mass is 262 g/mol. The van der Waals surface area contributed by atoms with E-state index in [1.807, 2.05) is 12.1 Å². The van der Waals surface area contributed by atoms with Crippen molar-refractivity contribution in [3.05, 3.63) is 29.6 Å². The van der Waals surface area contributed by atoms with Crippen LogP contribution in [0, 0.1) is 0 Å². The van der Waals surface area contributed by atoms with Gasteiger partial charge in [0.25, 0.3) is 0 Å². The molecule has 1 aliphatic carbocycles. The van der Waals surface area contributed by atoms with E-state index >= 15 is 0 Å². The summed E-state index contributed by atoms with van der Waals surface area (Å²) in [6.45, 7) is 0.352. The van der Waals surface area contributed by atoms with Gasteiger partial charge in [-0.25, -0.2) is 0 Å². The van der Waals surface area contributed by atoms with Crippen molar-refractivity contribution in [3.63, 3.8) is 0 Å². The van der Waals surface area contributed by atoms with Gasteiger partial charge in [0.1, 0.15) is 0 Å². The Morgan fingerprint density at radius 2 is 2.29 bits per heavy atom. The standard InChI is InChI=1S/C11H13F3N2S/c12-11(13,14)17-7-6-15-9-4-3-8-2-1-5-16-10(8)9/h1-2,5,9,15H,3-4,6-7H2. The second-order valence-electron chi connectivity index (χ2n) is 3.89. The predicted molar refractivity (Wildman–Crippen MR) is 61.8 cm³/mol. The minimum absolute atomic E-state index is 0.0153. The zero-order valence-electron chi connectivity index (χ0n) is 9.13. The van der Waals surface area contributed by atoms with E-state index in [9.17, 15) is 13.2 Å². The molecule has 1 aromatic rings. The van der Waals surface area contributed by atoms with Crippen LogP contribution in [-0.4, -0.2) is 22.8 Å². The molecule has 0 aromatic carbocycles. The SMILES string of the molecule is FC(F)(F)SCCNC1CCc2cccnc21. The van der Waals surface area contributed by atoms with Gasteiger partial charge >= 0.3 is 5.51 Å². The van der Waals surface area contributed by atoms with Crippen molar-refractivity contribution in [2.45, 2.75) is 24.4 Å². The minimum atomic E-state index is -4.13. The lowest BCUT2D eigenvalue weighted by Gasteiger charge is -2.13. The molecule has 1 unspecified atom stereocenters. The molecule has 0 saturated carbocycles. The van der Waals surface area contributed by atoms with Crippen LogP contribution in [0.15, 0.2) is 18.3 Å². The largest absolute Gasteiger partial charge is 0.441 e. The number of fused-ring (bicyclic) bond motifs is 1. The molecule has 0 spiro atoms. The number of halogens is 3. The third-order valence-electron chi connectivity index (χ3n) is 2.72. The molecule has 0 bridgehead atoms. The van der Waals surface area contributed by atoms with E-state index in [0.717, 1.165) is 18.5 Å². The minimum Gasteiger partial charge on any atom is -0.308 e. The molecule has 0 amide bonds. The van der Waals surface area contributed by atoms with Crippen molar-refractivity contribution >= 4 is 11.8 Å². The summed E-state index contributed by atoms with van der Waals surface area (Å²) in [5.41, 5.74) is -1.94. The van der Waals surface area contributed by atoms with Crippen LogP contribution >= 0.6 is 11.8 Å². The first-order valence-electron chi connectivity index (χ1n) is 5.44. The molecule has 1 aliphatic rings. The van der Waals surface area contributed by atoms with Crippen molar-refractivity contribution in [1.29, 1.82) is 0 Å². The average Bonchev–Trinajstić information content (AvgIpc) is 2.67. The highest BCUT2D eigenvalue weighted by Gasteiger charge is 2.28. The predicted octanol–water partition coefficient (Wildman–Crippen LogP) is 2.91. The zero-order valence-corrected chi connectivity index (χ0v) is 9.94. The molecule has 0 radical (unpaired) electrons. The lowest BCUT2D eigenvalue weighted by Crippen LogP contribution is -2.23. The van der Waals surface area contributed by atoms with Gasteiger partial charge in [-0.2, -0.15) is 13.2 Å². The first kappa shape index (κ1) is 12.7. The van der Waals surface area contributed by atoms with Gasteiger partial charge in [0.15, 0.2) is 0 Å². The van der Waals surface area contributed by atoms with E-state index < -0.39 is 5.51 Å². The van der Waals surface area contributed by atoms with Crippen LogP contribution in [0.2, 0.25) is 0 Å². The second kappa shape index (κ2) is 5.27. The molecule has 1 N–H and O–H groups in total. The van der Waals surface area contributed by atoms with Gasteiger partial charge in [-0.15, -0.1) is 0 Å². The summed E-state index contributed by atoms with van der Waals surface area (Å²) in [4.78, 5) is 4.28. The summed E-state index contributed by atoms with van der Waals surface area (Å²) in [6, 6.07) is 4.02. The van der Waals surface area contributed by atoms with Crippen molar-refractivity contribution in [2.24, 2.45) is 0 Å². The number of nitrogens with one attached hydrogen (secondary N) is 1. The second-order valence-corrected chi connectivity index (χ2v) is 5.05. The fourth-order valence-electron chi connectivity index (χ4n) is 2.01. The van der Waals surface area contributed by atoms with E-state index in [0.29, 0.717) is 6.54 Å². The molecular weight excluding hydrogens is 249 g/mol. The Bertz CT molecular complexity index is 381. The molecule has 1 heterocycles. The van der Waals surface area contributed by atoms with Crippen LogP contribution in [0.25, 0.3) is 0 Å². The summed E-state index contributed by atoms with van der Waals surface area (Å²) in [7, 11) is 0. The average molecular weight is 262 g/mol. The Labute approximate surface area is 102 Å². The molecule has 94 valence electrons. The number of pyridine rings is 1. The Balaban J connectivity index is 1.78. The number of rotatable bonds is 4. The maximum atomic E-state index is 11.9. The summed E-state index contributed by atoms with van der Waals surface area (Å²) in [5, 5.41) is 3.13. The van der Waals surface area contributed by atoms with Crippen LogP contribution in [-0.2, 0) is 6.42 Å². The highest BCUT2D eigenvalue weighted by Crippen LogP contribution is 2.31. The molecule has 0 saturated heterocycles. The van der Waals surface area contributed by atoms with Crippen molar-refractivity contribution < 1.29 is 13.2 Å². The number of nitrogens with zero attached hydrogens (tertiary/aromatic N) is 1. The number of aryl methyl sites for hydroxylation is 1. The van der Waals surface area contributed by atoms with Gasteiger partial charge in [-0.05, 0) is 36.2 Å². The molecule has 0 aliphatic heterocycles. The lowest BCUT2D eigenvalue weighted by atomic mass is 10.2. The molecule has 2 nitrogen and oxygen atoms in total. The zero-order chi connectivity index (χ0) is 12.3. The highest BCUT2D eigenvalue weighted by molar-refractivity contribution is 8.00. The first-order chi connectivity index (χ1) is 8.06. The maximum absolute atomic E-state index is 11.9. The number of aromatic nitrogens is 1. The molecule has 0 fully saturated rings. The van der Waals surface area contributed by atoms with Crippen molar-refractivity contribution in [2.75, 3.05) is 12.3 Å². The van der Waals surface area contributed by atoms with Gasteiger partial charge in [0.2, 0.25) is 0 Å². The number of hydrogen-bond donors (Lipinski definition) is 1. The fourth-order valence-corrected chi connectivity index (χ4v) is 2.46. The fraction of sp³-hybridized carbons (Fsp3) is 0.545. The van der Waals surface area contributed by atoms with Gasteiger partial charge in [-0.1, -0.05) is 6.07 Å². The van der Waals surface area contributed by atoms with Gasteiger partial charge < -0.3 is 5.32 Å². The third-order valence-corrected chi connectivity index (χ3v) is 3.45. The summed E-state index contributed by atoms with van der Waals surface area (Å²) in [5.74, 6) is 0.0438. The molecule has 17 heavy (non-hydrogen) atoms. The topological polar surface area (TPSA) is 24.9 Å². The Morgan fingerprint density at radius 3 is 3.06 bits per heavy atom. The van der Waals surface area contributed by atoms with E-state index in [1.165, 1.54) is 5.56 Å². The normalized spacial score (nSPS) is 19.4. The van der Waals surface area contributed by atoms with E-state index in [2.05, 4.69) is 10.3 Å². The van der Waals surface area contributed by atoms with Crippen molar-refractivity contribution in [3.8, 4) is 0 Å². The maximum Gasteiger partial charge on any atom is 0.441 e. The van der Waals surface area contributed by atoms with Gasteiger partial charge in [0.05, 0.1) is 11.7 Å². The lowest BCUT2D eigenvalue weighted by molar-refractivity contribution is -0.0327. The van der Waals surface area contributed by atoms with Crippen LogP contribution in [0.3, 0.4) is 0 Å². The first-order valence-corrected chi connectivity index (χ1v) is 6.43. The van der Waals surface area contributed by atoms with E-state index in [1.54, 1.807) is 6.20 Å².